The number of amides is 1. The molecule has 26 heavy (non-hydrogen) atoms. The molecular formula is C21H22N2O3. The van der Waals surface area contributed by atoms with Gasteiger partial charge in [-0.1, -0.05) is 18.2 Å². The maximum absolute atomic E-state index is 12.4. The second-order valence-electron chi connectivity index (χ2n) is 6.42. The number of hydrogen-bond donors (Lipinski definition) is 0. The topological polar surface area (TPSA) is 62.6 Å². The van der Waals surface area contributed by atoms with Gasteiger partial charge in [-0.05, 0) is 48.2 Å². The Bertz CT molecular complexity index is 824. The smallest absolute Gasteiger partial charge is 0.223 e. The third-order valence-corrected chi connectivity index (χ3v) is 4.81. The SMILES string of the molecule is COc1ccc(C[C@@H]2CCC(=O)N2Cc2ccc(C#N)cc2)cc1OC. The van der Waals surface area contributed by atoms with Gasteiger partial charge in [-0.2, -0.15) is 5.26 Å². The van der Waals surface area contributed by atoms with Crippen molar-refractivity contribution in [3.05, 3.63) is 59.2 Å². The van der Waals surface area contributed by atoms with E-state index in [0.717, 1.165) is 24.0 Å². The number of hydrogen-bond acceptors (Lipinski definition) is 4. The van der Waals surface area contributed by atoms with Gasteiger partial charge in [0.05, 0.1) is 25.9 Å². The largest absolute Gasteiger partial charge is 0.493 e. The molecule has 134 valence electrons. The summed E-state index contributed by atoms with van der Waals surface area (Å²) in [5.41, 5.74) is 2.78. The number of methoxy groups -OCH3 is 2. The summed E-state index contributed by atoms with van der Waals surface area (Å²) in [7, 11) is 3.24. The molecule has 1 aliphatic heterocycles. The first kappa shape index (κ1) is 17.8. The summed E-state index contributed by atoms with van der Waals surface area (Å²) in [5.74, 6) is 1.58. The summed E-state index contributed by atoms with van der Waals surface area (Å²) >= 11 is 0. The van der Waals surface area contributed by atoms with Gasteiger partial charge in [0.15, 0.2) is 11.5 Å². The molecule has 0 unspecified atom stereocenters. The Kier molecular flexibility index (Phi) is 5.43. The zero-order chi connectivity index (χ0) is 18.5. The lowest BCUT2D eigenvalue weighted by Crippen LogP contribution is -2.33. The maximum atomic E-state index is 12.4. The normalized spacial score (nSPS) is 16.4. The van der Waals surface area contributed by atoms with Crippen LogP contribution in [0, 0.1) is 11.3 Å². The molecule has 1 fully saturated rings. The van der Waals surface area contributed by atoms with Crippen LogP contribution in [-0.2, 0) is 17.8 Å². The van der Waals surface area contributed by atoms with Gasteiger partial charge in [0, 0.05) is 19.0 Å². The Hall–Kier alpha value is -3.00. The first-order valence-corrected chi connectivity index (χ1v) is 8.64. The van der Waals surface area contributed by atoms with Crippen molar-refractivity contribution >= 4 is 5.91 Å². The zero-order valence-corrected chi connectivity index (χ0v) is 15.1. The van der Waals surface area contributed by atoms with Crippen LogP contribution in [0.25, 0.3) is 0 Å². The molecule has 1 heterocycles. The summed E-state index contributed by atoms with van der Waals surface area (Å²) < 4.78 is 10.7. The highest BCUT2D eigenvalue weighted by atomic mass is 16.5. The predicted octanol–water partition coefficient (Wildman–Crippen LogP) is 3.31. The Morgan fingerprint density at radius 3 is 2.42 bits per heavy atom. The van der Waals surface area contributed by atoms with Crippen LogP contribution in [0.3, 0.4) is 0 Å². The van der Waals surface area contributed by atoms with Crippen LogP contribution in [0.5, 0.6) is 11.5 Å². The minimum Gasteiger partial charge on any atom is -0.493 e. The van der Waals surface area contributed by atoms with E-state index in [1.165, 1.54) is 0 Å². The molecule has 0 aliphatic carbocycles. The number of carbonyl (C=O) groups is 1. The lowest BCUT2D eigenvalue weighted by atomic mass is 10.0. The molecule has 0 radical (unpaired) electrons. The predicted molar refractivity (Wildman–Crippen MR) is 98.0 cm³/mol. The minimum absolute atomic E-state index is 0.163. The van der Waals surface area contributed by atoms with E-state index in [9.17, 15) is 4.79 Å². The molecule has 1 aliphatic rings. The van der Waals surface area contributed by atoms with Crippen LogP contribution in [0.4, 0.5) is 0 Å². The minimum atomic E-state index is 0.163. The van der Waals surface area contributed by atoms with Crippen LogP contribution in [0.1, 0.15) is 29.5 Å². The molecule has 5 heteroatoms. The lowest BCUT2D eigenvalue weighted by Gasteiger charge is -2.25. The highest BCUT2D eigenvalue weighted by Crippen LogP contribution is 2.30. The van der Waals surface area contributed by atoms with Crippen molar-refractivity contribution < 1.29 is 14.3 Å². The zero-order valence-electron chi connectivity index (χ0n) is 15.1. The van der Waals surface area contributed by atoms with Crippen molar-refractivity contribution in [3.63, 3.8) is 0 Å². The van der Waals surface area contributed by atoms with Crippen molar-refractivity contribution in [1.82, 2.24) is 4.90 Å². The number of carbonyl (C=O) groups excluding carboxylic acids is 1. The second-order valence-corrected chi connectivity index (χ2v) is 6.42. The van der Waals surface area contributed by atoms with Gasteiger partial charge >= 0.3 is 0 Å². The van der Waals surface area contributed by atoms with Crippen molar-refractivity contribution in [1.29, 1.82) is 5.26 Å². The van der Waals surface area contributed by atoms with Crippen LogP contribution in [-0.4, -0.2) is 31.1 Å². The van der Waals surface area contributed by atoms with Crippen LogP contribution in [0.2, 0.25) is 0 Å². The number of likely N-dealkylation sites (tertiary alicyclic amines) is 1. The molecule has 3 rings (SSSR count). The summed E-state index contributed by atoms with van der Waals surface area (Å²) in [6.45, 7) is 0.572. The molecule has 0 aromatic heterocycles. The van der Waals surface area contributed by atoms with Gasteiger partial charge in [0.2, 0.25) is 5.91 Å². The van der Waals surface area contributed by atoms with E-state index in [-0.39, 0.29) is 11.9 Å². The Balaban J connectivity index is 1.74. The quantitative estimate of drug-likeness (QED) is 0.802. The van der Waals surface area contributed by atoms with Gasteiger partial charge in [-0.3, -0.25) is 4.79 Å². The maximum Gasteiger partial charge on any atom is 0.223 e. The molecule has 1 atom stereocenters. The van der Waals surface area contributed by atoms with Crippen molar-refractivity contribution in [2.45, 2.75) is 31.8 Å². The van der Waals surface area contributed by atoms with Gasteiger partial charge in [-0.25, -0.2) is 0 Å². The number of rotatable bonds is 6. The molecule has 1 amide bonds. The highest BCUT2D eigenvalue weighted by Gasteiger charge is 2.31. The second kappa shape index (κ2) is 7.92. The van der Waals surface area contributed by atoms with E-state index in [4.69, 9.17) is 14.7 Å². The monoisotopic (exact) mass is 350 g/mol. The fourth-order valence-corrected chi connectivity index (χ4v) is 3.38. The molecule has 0 saturated carbocycles. The number of nitriles is 1. The first-order chi connectivity index (χ1) is 12.6. The van der Waals surface area contributed by atoms with Crippen LogP contribution < -0.4 is 9.47 Å². The molecule has 0 spiro atoms. The average Bonchev–Trinajstić information content (AvgIpc) is 3.02. The Morgan fingerprint density at radius 1 is 1.08 bits per heavy atom. The van der Waals surface area contributed by atoms with Gasteiger partial charge in [-0.15, -0.1) is 0 Å². The number of benzene rings is 2. The first-order valence-electron chi connectivity index (χ1n) is 8.64. The number of nitrogens with zero attached hydrogens (tertiary/aromatic N) is 2. The van der Waals surface area contributed by atoms with Crippen molar-refractivity contribution in [3.8, 4) is 17.6 Å². The average molecular weight is 350 g/mol. The Labute approximate surface area is 153 Å². The molecule has 0 N–H and O–H groups in total. The molecule has 1 saturated heterocycles. The highest BCUT2D eigenvalue weighted by molar-refractivity contribution is 5.78. The molecule has 0 bridgehead atoms. The third-order valence-electron chi connectivity index (χ3n) is 4.81. The fraction of sp³-hybridized carbons (Fsp3) is 0.333. The van der Waals surface area contributed by atoms with E-state index < -0.39 is 0 Å². The molecule has 2 aromatic carbocycles. The van der Waals surface area contributed by atoms with E-state index in [0.29, 0.717) is 30.0 Å². The van der Waals surface area contributed by atoms with E-state index in [2.05, 4.69) is 6.07 Å². The van der Waals surface area contributed by atoms with E-state index >= 15 is 0 Å². The molecular weight excluding hydrogens is 328 g/mol. The van der Waals surface area contributed by atoms with Crippen molar-refractivity contribution in [2.75, 3.05) is 14.2 Å². The fourth-order valence-electron chi connectivity index (χ4n) is 3.38. The van der Waals surface area contributed by atoms with E-state index in [1.807, 2.05) is 35.2 Å². The van der Waals surface area contributed by atoms with Gasteiger partial charge in [0.1, 0.15) is 0 Å². The Morgan fingerprint density at radius 2 is 1.77 bits per heavy atom. The van der Waals surface area contributed by atoms with E-state index in [1.54, 1.807) is 26.4 Å². The van der Waals surface area contributed by atoms with Crippen LogP contribution in [0.15, 0.2) is 42.5 Å². The standard InChI is InChI=1S/C21H22N2O3/c1-25-19-9-7-17(12-20(19)26-2)11-18-8-10-21(24)23(18)14-16-5-3-15(13-22)4-6-16/h3-7,9,12,18H,8,10-11,14H2,1-2H3/t18-/m0/s1. The summed E-state index contributed by atoms with van der Waals surface area (Å²) in [4.78, 5) is 14.3. The van der Waals surface area contributed by atoms with Gasteiger partial charge < -0.3 is 14.4 Å². The van der Waals surface area contributed by atoms with Crippen molar-refractivity contribution in [2.24, 2.45) is 0 Å². The summed E-state index contributed by atoms with van der Waals surface area (Å²) in [6, 6.07) is 15.6. The lowest BCUT2D eigenvalue weighted by molar-refractivity contribution is -0.129. The summed E-state index contributed by atoms with van der Waals surface area (Å²) in [5, 5.41) is 8.91. The summed E-state index contributed by atoms with van der Waals surface area (Å²) in [6.07, 6.45) is 2.21. The van der Waals surface area contributed by atoms with Crippen LogP contribution >= 0.6 is 0 Å². The molecule has 2 aromatic rings. The third kappa shape index (κ3) is 3.80. The number of ether oxygens (including phenoxy) is 2. The molecule has 5 nitrogen and oxygen atoms in total. The van der Waals surface area contributed by atoms with Gasteiger partial charge in [0.25, 0.3) is 0 Å².